The van der Waals surface area contributed by atoms with Gasteiger partial charge in [-0.25, -0.2) is 0 Å². The molecule has 0 spiro atoms. The van der Waals surface area contributed by atoms with Crippen LogP contribution >= 0.6 is 0 Å². The molecule has 4 nitrogen and oxygen atoms in total. The van der Waals surface area contributed by atoms with Crippen LogP contribution < -0.4 is 9.47 Å². The fraction of sp³-hybridized carbons (Fsp3) is 0.647. The number of rotatable bonds is 4. The minimum absolute atomic E-state index is 0.526. The van der Waals surface area contributed by atoms with Gasteiger partial charge in [0.15, 0.2) is 11.5 Å². The molecule has 1 fully saturated rings. The number of hydrogen-bond acceptors (Lipinski definition) is 4. The molecule has 1 heterocycles. The fourth-order valence-electron chi connectivity index (χ4n) is 3.07. The third-order valence-corrected chi connectivity index (χ3v) is 4.50. The van der Waals surface area contributed by atoms with Crippen LogP contribution in [0.1, 0.15) is 38.7 Å². The quantitative estimate of drug-likeness (QED) is 0.927. The van der Waals surface area contributed by atoms with Gasteiger partial charge in [-0.05, 0) is 57.4 Å². The molecule has 1 aromatic rings. The third-order valence-electron chi connectivity index (χ3n) is 4.50. The van der Waals surface area contributed by atoms with E-state index in [4.69, 9.17) is 9.47 Å². The number of nitrogens with zero attached hydrogens (tertiary/aromatic N) is 1. The van der Waals surface area contributed by atoms with E-state index in [-0.39, 0.29) is 0 Å². The first-order valence-electron chi connectivity index (χ1n) is 7.69. The van der Waals surface area contributed by atoms with Crippen LogP contribution in [0.2, 0.25) is 0 Å². The molecule has 2 rings (SSSR count). The Bertz CT molecular complexity index is 475. The van der Waals surface area contributed by atoms with E-state index in [1.807, 2.05) is 18.2 Å². The minimum atomic E-state index is -0.775. The molecule has 1 aliphatic rings. The number of likely N-dealkylation sites (tertiary alicyclic amines) is 1. The summed E-state index contributed by atoms with van der Waals surface area (Å²) in [4.78, 5) is 2.43. The van der Waals surface area contributed by atoms with E-state index < -0.39 is 5.60 Å². The lowest BCUT2D eigenvalue weighted by Crippen LogP contribution is -2.33. The summed E-state index contributed by atoms with van der Waals surface area (Å²) < 4.78 is 10.6. The minimum Gasteiger partial charge on any atom is -0.493 e. The smallest absolute Gasteiger partial charge is 0.161 e. The lowest BCUT2D eigenvalue weighted by atomic mass is 9.86. The predicted molar refractivity (Wildman–Crippen MR) is 84.0 cm³/mol. The van der Waals surface area contributed by atoms with Crippen LogP contribution in [0.15, 0.2) is 18.2 Å². The Morgan fingerprint density at radius 2 is 1.81 bits per heavy atom. The summed E-state index contributed by atoms with van der Waals surface area (Å²) >= 11 is 0. The van der Waals surface area contributed by atoms with E-state index in [1.165, 1.54) is 0 Å². The summed E-state index contributed by atoms with van der Waals surface area (Å²) in [6.45, 7) is 6.39. The number of methoxy groups -OCH3 is 2. The van der Waals surface area contributed by atoms with Gasteiger partial charge >= 0.3 is 0 Å². The zero-order valence-corrected chi connectivity index (χ0v) is 13.6. The van der Waals surface area contributed by atoms with Gasteiger partial charge in [0.1, 0.15) is 0 Å². The molecular formula is C17H27NO3. The Morgan fingerprint density at radius 3 is 2.43 bits per heavy atom. The fourth-order valence-corrected chi connectivity index (χ4v) is 3.07. The topological polar surface area (TPSA) is 41.9 Å². The first-order chi connectivity index (χ1) is 10.00. The molecule has 0 aliphatic carbocycles. The maximum Gasteiger partial charge on any atom is 0.161 e. The molecule has 1 aliphatic heterocycles. The van der Waals surface area contributed by atoms with Crippen molar-refractivity contribution in [3.05, 3.63) is 23.8 Å². The van der Waals surface area contributed by atoms with Crippen LogP contribution in [0.3, 0.4) is 0 Å². The average molecular weight is 293 g/mol. The standard InChI is InChI=1S/C17H27NO3/c1-13(2)18-10-5-8-17(19,9-11-18)14-6-7-15(20-3)16(12-14)21-4/h6-7,12-13,19H,5,8-11H2,1-4H3. The van der Waals surface area contributed by atoms with E-state index in [1.54, 1.807) is 14.2 Å². The molecule has 0 saturated carbocycles. The second-order valence-corrected chi connectivity index (χ2v) is 6.08. The summed E-state index contributed by atoms with van der Waals surface area (Å²) in [6, 6.07) is 6.26. The van der Waals surface area contributed by atoms with E-state index in [2.05, 4.69) is 18.7 Å². The van der Waals surface area contributed by atoms with Gasteiger partial charge in [-0.2, -0.15) is 0 Å². The van der Waals surface area contributed by atoms with Crippen molar-refractivity contribution in [2.75, 3.05) is 27.3 Å². The molecule has 1 aromatic carbocycles. The Morgan fingerprint density at radius 1 is 1.10 bits per heavy atom. The van der Waals surface area contributed by atoms with Crippen LogP contribution in [0, 0.1) is 0 Å². The molecule has 0 amide bonds. The molecule has 1 saturated heterocycles. The van der Waals surface area contributed by atoms with Crippen LogP contribution in [-0.4, -0.2) is 43.4 Å². The SMILES string of the molecule is COc1ccc(C2(O)CCCN(C(C)C)CC2)cc1OC. The predicted octanol–water partition coefficient (Wildman–Crippen LogP) is 2.79. The van der Waals surface area contributed by atoms with Gasteiger partial charge in [0.2, 0.25) is 0 Å². The van der Waals surface area contributed by atoms with Gasteiger partial charge in [-0.1, -0.05) is 6.07 Å². The van der Waals surface area contributed by atoms with Gasteiger partial charge < -0.3 is 19.5 Å². The molecule has 0 bridgehead atoms. The van der Waals surface area contributed by atoms with Gasteiger partial charge in [-0.15, -0.1) is 0 Å². The van der Waals surface area contributed by atoms with Crippen molar-refractivity contribution in [2.45, 2.75) is 44.8 Å². The van der Waals surface area contributed by atoms with Gasteiger partial charge in [0.25, 0.3) is 0 Å². The molecular weight excluding hydrogens is 266 g/mol. The van der Waals surface area contributed by atoms with Gasteiger partial charge in [-0.3, -0.25) is 0 Å². The van der Waals surface area contributed by atoms with E-state index in [9.17, 15) is 5.11 Å². The highest BCUT2D eigenvalue weighted by Gasteiger charge is 2.33. The summed E-state index contributed by atoms with van der Waals surface area (Å²) in [7, 11) is 3.25. The van der Waals surface area contributed by atoms with E-state index in [0.29, 0.717) is 17.5 Å². The number of benzene rings is 1. The van der Waals surface area contributed by atoms with E-state index in [0.717, 1.165) is 37.9 Å². The second-order valence-electron chi connectivity index (χ2n) is 6.08. The molecule has 4 heteroatoms. The molecule has 0 aromatic heterocycles. The molecule has 21 heavy (non-hydrogen) atoms. The highest BCUT2D eigenvalue weighted by molar-refractivity contribution is 5.44. The molecule has 1 N–H and O–H groups in total. The molecule has 1 unspecified atom stereocenters. The van der Waals surface area contributed by atoms with Crippen molar-refractivity contribution in [1.82, 2.24) is 4.90 Å². The van der Waals surface area contributed by atoms with Crippen molar-refractivity contribution in [2.24, 2.45) is 0 Å². The van der Waals surface area contributed by atoms with Crippen molar-refractivity contribution >= 4 is 0 Å². The Hall–Kier alpha value is -1.26. The summed E-state index contributed by atoms with van der Waals surface area (Å²) in [5.41, 5.74) is 0.147. The Kier molecular flexibility index (Phi) is 5.12. The summed E-state index contributed by atoms with van der Waals surface area (Å²) in [6.07, 6.45) is 2.54. The highest BCUT2D eigenvalue weighted by atomic mass is 16.5. The van der Waals surface area contributed by atoms with Crippen LogP contribution in [0.4, 0.5) is 0 Å². The van der Waals surface area contributed by atoms with Gasteiger partial charge in [0, 0.05) is 12.6 Å². The van der Waals surface area contributed by atoms with E-state index >= 15 is 0 Å². The van der Waals surface area contributed by atoms with Gasteiger partial charge in [0.05, 0.1) is 19.8 Å². The van der Waals surface area contributed by atoms with Crippen molar-refractivity contribution in [1.29, 1.82) is 0 Å². The summed E-state index contributed by atoms with van der Waals surface area (Å²) in [5, 5.41) is 11.1. The number of aliphatic hydroxyl groups is 1. The molecule has 0 radical (unpaired) electrons. The summed E-state index contributed by atoms with van der Waals surface area (Å²) in [5.74, 6) is 1.37. The first kappa shape index (κ1) is 16.1. The third kappa shape index (κ3) is 3.50. The zero-order valence-electron chi connectivity index (χ0n) is 13.6. The molecule has 1 atom stereocenters. The van der Waals surface area contributed by atoms with Crippen LogP contribution in [-0.2, 0) is 5.60 Å². The highest BCUT2D eigenvalue weighted by Crippen LogP contribution is 2.37. The maximum atomic E-state index is 11.1. The van der Waals surface area contributed by atoms with Crippen LogP contribution in [0.5, 0.6) is 11.5 Å². The normalized spacial score (nSPS) is 23.9. The van der Waals surface area contributed by atoms with Crippen molar-refractivity contribution < 1.29 is 14.6 Å². The Balaban J connectivity index is 2.23. The number of ether oxygens (including phenoxy) is 2. The lowest BCUT2D eigenvalue weighted by molar-refractivity contribution is 0.0201. The average Bonchev–Trinajstić information content (AvgIpc) is 2.69. The maximum absolute atomic E-state index is 11.1. The number of hydrogen-bond donors (Lipinski definition) is 1. The zero-order chi connectivity index (χ0) is 15.5. The lowest BCUT2D eigenvalue weighted by Gasteiger charge is -2.29. The second kappa shape index (κ2) is 6.67. The molecule has 118 valence electrons. The van der Waals surface area contributed by atoms with Crippen molar-refractivity contribution in [3.63, 3.8) is 0 Å². The monoisotopic (exact) mass is 293 g/mol. The first-order valence-corrected chi connectivity index (χ1v) is 7.69. The largest absolute Gasteiger partial charge is 0.493 e. The Labute approximate surface area is 127 Å². The van der Waals surface area contributed by atoms with Crippen molar-refractivity contribution in [3.8, 4) is 11.5 Å². The van der Waals surface area contributed by atoms with Crippen LogP contribution in [0.25, 0.3) is 0 Å².